The number of nitrogens with zero attached hydrogens (tertiary/aromatic N) is 1. The van der Waals surface area contributed by atoms with Crippen LogP contribution >= 0.6 is 35.2 Å². The Morgan fingerprint density at radius 2 is 1.76 bits per heavy atom. The van der Waals surface area contributed by atoms with Crippen LogP contribution in [-0.4, -0.2) is 10.1 Å². The van der Waals surface area contributed by atoms with E-state index in [1.165, 1.54) is 16.9 Å². The van der Waals surface area contributed by atoms with Gasteiger partial charge in [-0.2, -0.15) is 4.57 Å². The molecule has 0 atom stereocenters. The van der Waals surface area contributed by atoms with Gasteiger partial charge in [-0.15, -0.1) is 11.3 Å². The fourth-order valence-electron chi connectivity index (χ4n) is 2.28. The van der Waals surface area contributed by atoms with Crippen LogP contribution in [0.15, 0.2) is 67.0 Å². The Balaban J connectivity index is 2.02. The molecule has 2 aromatic heterocycles. The number of benzene rings is 1. The minimum atomic E-state index is 0.0812. The maximum Gasteiger partial charge on any atom is 0.289 e. The number of halogens is 1. The van der Waals surface area contributed by atoms with Crippen molar-refractivity contribution in [3.05, 3.63) is 81.8 Å². The highest BCUT2D eigenvalue weighted by Gasteiger charge is 2.24. The van der Waals surface area contributed by atoms with Crippen LogP contribution in [0.1, 0.15) is 10.4 Å². The number of aliphatic hydroxyl groups is 1. The number of pyridine rings is 1. The predicted molar refractivity (Wildman–Crippen MR) is 109 cm³/mol. The molecule has 0 radical (unpaired) electrons. The van der Waals surface area contributed by atoms with Crippen molar-refractivity contribution in [1.29, 1.82) is 0 Å². The van der Waals surface area contributed by atoms with E-state index in [1.807, 2.05) is 61.8 Å². The van der Waals surface area contributed by atoms with E-state index in [1.54, 1.807) is 16.7 Å². The molecule has 0 saturated carbocycles. The van der Waals surface area contributed by atoms with Gasteiger partial charge in [-0.1, -0.05) is 47.6 Å². The van der Waals surface area contributed by atoms with Gasteiger partial charge in [0.25, 0.3) is 5.70 Å². The van der Waals surface area contributed by atoms with Crippen LogP contribution in [0, 0.1) is 6.92 Å². The van der Waals surface area contributed by atoms with Gasteiger partial charge in [0.2, 0.25) is 5.76 Å². The zero-order valence-corrected chi connectivity index (χ0v) is 15.8. The molecule has 0 aliphatic carbocycles. The second kappa shape index (κ2) is 7.78. The molecular formula is C19H16ClN2OS2+. The zero-order chi connectivity index (χ0) is 17.8. The second-order valence-electron chi connectivity index (χ2n) is 5.40. The maximum atomic E-state index is 10.8. The van der Waals surface area contributed by atoms with Crippen LogP contribution in [-0.2, 0) is 0 Å². The number of aromatic nitrogens is 1. The van der Waals surface area contributed by atoms with Crippen molar-refractivity contribution in [2.45, 2.75) is 6.92 Å². The van der Waals surface area contributed by atoms with Crippen LogP contribution in [0.5, 0.6) is 0 Å². The standard InChI is InChI=1S/C19H15ClN2OS2/c1-13-5-7-14(8-6-13)21-19(24)17(22-11-3-2-4-12-22)18(23)15-9-10-16(20)25-15/h2-12H,1H3,(H-,21,23,24)/p+1. The Labute approximate surface area is 160 Å². The zero-order valence-electron chi connectivity index (χ0n) is 13.4. The van der Waals surface area contributed by atoms with Gasteiger partial charge < -0.3 is 10.4 Å². The summed E-state index contributed by atoms with van der Waals surface area (Å²) in [6.45, 7) is 2.03. The highest BCUT2D eigenvalue weighted by molar-refractivity contribution is 7.81. The van der Waals surface area contributed by atoms with Crippen molar-refractivity contribution in [1.82, 2.24) is 0 Å². The van der Waals surface area contributed by atoms with Gasteiger partial charge in [-0.25, -0.2) is 0 Å². The number of thiocarbonyl (C=S) groups is 1. The van der Waals surface area contributed by atoms with E-state index in [2.05, 4.69) is 5.32 Å². The fourth-order valence-corrected chi connectivity index (χ4v) is 3.59. The molecule has 2 heterocycles. The molecule has 0 amide bonds. The summed E-state index contributed by atoms with van der Waals surface area (Å²) in [7, 11) is 0. The lowest BCUT2D eigenvalue weighted by molar-refractivity contribution is -0.575. The Bertz CT molecular complexity index is 918. The molecule has 0 unspecified atom stereocenters. The first-order valence-electron chi connectivity index (χ1n) is 7.58. The number of hydrogen-bond donors (Lipinski definition) is 2. The van der Waals surface area contributed by atoms with Crippen molar-refractivity contribution < 1.29 is 9.67 Å². The van der Waals surface area contributed by atoms with E-state index >= 15 is 0 Å². The number of anilines is 1. The molecular weight excluding hydrogens is 372 g/mol. The van der Waals surface area contributed by atoms with Gasteiger partial charge in [-0.05, 0) is 31.2 Å². The molecule has 0 saturated heterocycles. The van der Waals surface area contributed by atoms with E-state index < -0.39 is 0 Å². The van der Waals surface area contributed by atoms with Crippen LogP contribution in [0.4, 0.5) is 5.69 Å². The first kappa shape index (κ1) is 17.6. The number of aliphatic hydroxyl groups excluding tert-OH is 1. The van der Waals surface area contributed by atoms with Crippen molar-refractivity contribution in [3.63, 3.8) is 0 Å². The highest BCUT2D eigenvalue weighted by atomic mass is 35.5. The van der Waals surface area contributed by atoms with E-state index in [9.17, 15) is 5.11 Å². The quantitative estimate of drug-likeness (QED) is 0.275. The lowest BCUT2D eigenvalue weighted by atomic mass is 10.2. The van der Waals surface area contributed by atoms with Crippen LogP contribution in [0.2, 0.25) is 4.34 Å². The SMILES string of the molecule is Cc1ccc(NC(=S)/C(=C(\O)c2ccc(Cl)s2)[n+]2ccccc2)cc1. The third-order valence-electron chi connectivity index (χ3n) is 3.53. The molecule has 3 aromatic rings. The molecule has 0 fully saturated rings. The fraction of sp³-hybridized carbons (Fsp3) is 0.0526. The first-order valence-corrected chi connectivity index (χ1v) is 9.18. The molecule has 1 aromatic carbocycles. The molecule has 0 spiro atoms. The van der Waals surface area contributed by atoms with Gasteiger partial charge in [0.1, 0.15) is 0 Å². The Morgan fingerprint density at radius 1 is 1.08 bits per heavy atom. The highest BCUT2D eigenvalue weighted by Crippen LogP contribution is 2.28. The minimum Gasteiger partial charge on any atom is -0.501 e. The average molecular weight is 388 g/mol. The van der Waals surface area contributed by atoms with Gasteiger partial charge in [0, 0.05) is 17.8 Å². The van der Waals surface area contributed by atoms with E-state index in [-0.39, 0.29) is 5.76 Å². The van der Waals surface area contributed by atoms with Crippen LogP contribution in [0.3, 0.4) is 0 Å². The number of thiophene rings is 1. The molecule has 3 nitrogen and oxygen atoms in total. The van der Waals surface area contributed by atoms with Crippen molar-refractivity contribution in [2.24, 2.45) is 0 Å². The lowest BCUT2D eigenvalue weighted by Gasteiger charge is -2.09. The molecule has 0 bridgehead atoms. The number of rotatable bonds is 4. The molecule has 0 aliphatic heterocycles. The van der Waals surface area contributed by atoms with E-state index in [0.29, 0.717) is 19.9 Å². The third kappa shape index (κ3) is 4.25. The summed E-state index contributed by atoms with van der Waals surface area (Å²) in [5.41, 5.74) is 2.53. The summed E-state index contributed by atoms with van der Waals surface area (Å²) < 4.78 is 2.39. The Kier molecular flexibility index (Phi) is 5.48. The topological polar surface area (TPSA) is 36.1 Å². The number of aryl methyl sites for hydroxylation is 1. The summed E-state index contributed by atoms with van der Waals surface area (Å²) in [4.78, 5) is 1.08. The smallest absolute Gasteiger partial charge is 0.289 e. The largest absolute Gasteiger partial charge is 0.501 e. The number of nitrogens with one attached hydrogen (secondary N) is 1. The van der Waals surface area contributed by atoms with E-state index in [0.717, 1.165) is 5.69 Å². The lowest BCUT2D eigenvalue weighted by Crippen LogP contribution is -2.38. The monoisotopic (exact) mass is 387 g/mol. The minimum absolute atomic E-state index is 0.0812. The Hall–Kier alpha value is -2.21. The van der Waals surface area contributed by atoms with Crippen LogP contribution < -0.4 is 9.88 Å². The summed E-state index contributed by atoms with van der Waals surface area (Å²) in [5, 5.41) is 14.0. The Morgan fingerprint density at radius 3 is 2.36 bits per heavy atom. The van der Waals surface area contributed by atoms with Crippen LogP contribution in [0.25, 0.3) is 11.5 Å². The van der Waals surface area contributed by atoms with Gasteiger partial charge in [-0.3, -0.25) is 0 Å². The summed E-state index contributed by atoms with van der Waals surface area (Å²) in [6.07, 6.45) is 3.67. The summed E-state index contributed by atoms with van der Waals surface area (Å²) >= 11 is 12.9. The average Bonchev–Trinajstić information content (AvgIpc) is 3.04. The normalized spacial score (nSPS) is 11.8. The predicted octanol–water partition coefficient (Wildman–Crippen LogP) is 5.32. The van der Waals surface area contributed by atoms with Crippen molar-refractivity contribution >= 4 is 57.3 Å². The molecule has 6 heteroatoms. The van der Waals surface area contributed by atoms with Gasteiger partial charge >= 0.3 is 0 Å². The van der Waals surface area contributed by atoms with E-state index in [4.69, 9.17) is 23.8 Å². The third-order valence-corrected chi connectivity index (χ3v) is 5.06. The molecule has 3 rings (SSSR count). The molecule has 25 heavy (non-hydrogen) atoms. The molecule has 0 aliphatic rings. The number of hydrogen-bond acceptors (Lipinski definition) is 3. The summed E-state index contributed by atoms with van der Waals surface area (Å²) in [6, 6.07) is 17.1. The van der Waals surface area contributed by atoms with Crippen molar-refractivity contribution in [2.75, 3.05) is 5.32 Å². The second-order valence-corrected chi connectivity index (χ2v) is 7.53. The summed E-state index contributed by atoms with van der Waals surface area (Å²) in [5.74, 6) is 0.0812. The molecule has 126 valence electrons. The molecule has 2 N–H and O–H groups in total. The first-order chi connectivity index (χ1) is 12.0. The van der Waals surface area contributed by atoms with Gasteiger partial charge in [0.15, 0.2) is 17.4 Å². The van der Waals surface area contributed by atoms with Gasteiger partial charge in [0.05, 0.1) is 9.21 Å². The van der Waals surface area contributed by atoms with Crippen molar-refractivity contribution in [3.8, 4) is 0 Å². The maximum absolute atomic E-state index is 10.8.